The van der Waals surface area contributed by atoms with Gasteiger partial charge in [0.15, 0.2) is 0 Å². The molecular weight excluding hydrogens is 304 g/mol. The van der Waals surface area contributed by atoms with Crippen LogP contribution in [0.1, 0.15) is 45.1 Å². The summed E-state index contributed by atoms with van der Waals surface area (Å²) in [5.74, 6) is 1.06. The van der Waals surface area contributed by atoms with E-state index in [1.807, 2.05) is 32.2 Å². The van der Waals surface area contributed by atoms with Crippen molar-refractivity contribution in [2.75, 3.05) is 24.6 Å². The van der Waals surface area contributed by atoms with Crippen LogP contribution >= 0.6 is 0 Å². The second kappa shape index (κ2) is 9.47. The maximum Gasteiger partial charge on any atom is 0.315 e. The quantitative estimate of drug-likeness (QED) is 0.746. The molecule has 24 heavy (non-hydrogen) atoms. The van der Waals surface area contributed by atoms with Crippen LogP contribution in [-0.4, -0.2) is 41.9 Å². The molecule has 1 saturated heterocycles. The number of amides is 2. The van der Waals surface area contributed by atoms with Crippen LogP contribution in [0.3, 0.4) is 0 Å². The number of carbonyl (C=O) groups excluding carboxylic acids is 1. The number of carbonyl (C=O) groups is 1. The molecule has 2 unspecified atom stereocenters. The Bertz CT molecular complexity index is 498. The topological polar surface area (TPSA) is 77.5 Å². The van der Waals surface area contributed by atoms with E-state index in [0.717, 1.165) is 24.5 Å². The largest absolute Gasteiger partial charge is 0.396 e. The SMILES string of the molecule is CC(CO)C(C)NC(=O)NCc1ccc(N2CCCCCC2)nc1. The van der Waals surface area contributed by atoms with Crippen molar-refractivity contribution in [1.82, 2.24) is 15.6 Å². The fourth-order valence-corrected chi connectivity index (χ4v) is 2.75. The number of pyridine rings is 1. The van der Waals surface area contributed by atoms with Crippen LogP contribution in [0.5, 0.6) is 0 Å². The third kappa shape index (κ3) is 5.67. The number of aliphatic hydroxyl groups excluding tert-OH is 1. The minimum absolute atomic E-state index is 0.0327. The fraction of sp³-hybridized carbons (Fsp3) is 0.667. The van der Waals surface area contributed by atoms with Gasteiger partial charge in [0.25, 0.3) is 0 Å². The number of nitrogens with one attached hydrogen (secondary N) is 2. The van der Waals surface area contributed by atoms with Gasteiger partial charge in [0.05, 0.1) is 0 Å². The molecule has 2 amide bonds. The molecule has 0 aliphatic carbocycles. The van der Waals surface area contributed by atoms with Gasteiger partial charge in [-0.05, 0) is 37.3 Å². The zero-order valence-corrected chi connectivity index (χ0v) is 14.8. The van der Waals surface area contributed by atoms with Crippen molar-refractivity contribution in [1.29, 1.82) is 0 Å². The summed E-state index contributed by atoms with van der Waals surface area (Å²) in [4.78, 5) is 18.8. The number of hydrogen-bond donors (Lipinski definition) is 3. The van der Waals surface area contributed by atoms with E-state index in [9.17, 15) is 4.79 Å². The average molecular weight is 334 g/mol. The summed E-state index contributed by atoms with van der Waals surface area (Å²) in [6.45, 7) is 6.44. The number of aliphatic hydroxyl groups is 1. The molecule has 6 nitrogen and oxygen atoms in total. The van der Waals surface area contributed by atoms with Gasteiger partial charge in [-0.2, -0.15) is 0 Å². The van der Waals surface area contributed by atoms with Gasteiger partial charge in [0, 0.05) is 38.5 Å². The van der Waals surface area contributed by atoms with E-state index in [0.29, 0.717) is 6.54 Å². The van der Waals surface area contributed by atoms with Crippen LogP contribution in [0.2, 0.25) is 0 Å². The highest BCUT2D eigenvalue weighted by Gasteiger charge is 2.14. The predicted octanol–water partition coefficient (Wildman–Crippen LogP) is 2.28. The summed E-state index contributed by atoms with van der Waals surface area (Å²) in [5.41, 5.74) is 0.978. The van der Waals surface area contributed by atoms with E-state index in [1.54, 1.807) is 0 Å². The average Bonchev–Trinajstić information content (AvgIpc) is 2.89. The van der Waals surface area contributed by atoms with Crippen LogP contribution in [-0.2, 0) is 6.54 Å². The van der Waals surface area contributed by atoms with Gasteiger partial charge < -0.3 is 20.6 Å². The highest BCUT2D eigenvalue weighted by atomic mass is 16.3. The van der Waals surface area contributed by atoms with Crippen molar-refractivity contribution >= 4 is 11.8 Å². The third-order valence-corrected chi connectivity index (χ3v) is 4.69. The monoisotopic (exact) mass is 334 g/mol. The lowest BCUT2D eigenvalue weighted by Gasteiger charge is -2.21. The molecular formula is C18H30N4O2. The van der Waals surface area contributed by atoms with E-state index < -0.39 is 0 Å². The first-order valence-corrected chi connectivity index (χ1v) is 8.95. The molecule has 1 aliphatic rings. The van der Waals surface area contributed by atoms with Crippen molar-refractivity contribution in [2.24, 2.45) is 5.92 Å². The fourth-order valence-electron chi connectivity index (χ4n) is 2.75. The van der Waals surface area contributed by atoms with Crippen molar-refractivity contribution < 1.29 is 9.90 Å². The number of aromatic nitrogens is 1. The second-order valence-electron chi connectivity index (χ2n) is 6.70. The van der Waals surface area contributed by atoms with Crippen LogP contribution in [0.15, 0.2) is 18.3 Å². The molecule has 3 N–H and O–H groups in total. The summed E-state index contributed by atoms with van der Waals surface area (Å²) in [5, 5.41) is 14.8. The number of rotatable bonds is 6. The number of anilines is 1. The van der Waals surface area contributed by atoms with Gasteiger partial charge in [-0.3, -0.25) is 0 Å². The minimum Gasteiger partial charge on any atom is -0.396 e. The first kappa shape index (κ1) is 18.5. The Morgan fingerprint density at radius 1 is 1.25 bits per heavy atom. The normalized spacial score (nSPS) is 17.7. The summed E-state index contributed by atoms with van der Waals surface area (Å²) in [6, 6.07) is 3.77. The Hall–Kier alpha value is -1.82. The Morgan fingerprint density at radius 3 is 2.54 bits per heavy atom. The smallest absolute Gasteiger partial charge is 0.315 e. The van der Waals surface area contributed by atoms with E-state index >= 15 is 0 Å². The molecule has 0 bridgehead atoms. The van der Waals surface area contributed by atoms with Gasteiger partial charge in [0.2, 0.25) is 0 Å². The summed E-state index contributed by atoms with van der Waals surface area (Å²) in [7, 11) is 0. The lowest BCUT2D eigenvalue weighted by atomic mass is 10.1. The van der Waals surface area contributed by atoms with Crippen LogP contribution in [0.4, 0.5) is 10.6 Å². The molecule has 134 valence electrons. The van der Waals surface area contributed by atoms with Crippen molar-refractivity contribution in [3.05, 3.63) is 23.9 Å². The molecule has 2 atom stereocenters. The highest BCUT2D eigenvalue weighted by Crippen LogP contribution is 2.17. The minimum atomic E-state index is -0.223. The van der Waals surface area contributed by atoms with E-state index in [-0.39, 0.29) is 24.6 Å². The predicted molar refractivity (Wildman–Crippen MR) is 96.0 cm³/mol. The summed E-state index contributed by atoms with van der Waals surface area (Å²) >= 11 is 0. The summed E-state index contributed by atoms with van der Waals surface area (Å²) < 4.78 is 0. The van der Waals surface area contributed by atoms with Crippen molar-refractivity contribution in [3.8, 4) is 0 Å². The van der Waals surface area contributed by atoms with Crippen LogP contribution in [0.25, 0.3) is 0 Å². The molecule has 2 rings (SSSR count). The first-order chi connectivity index (χ1) is 11.6. The lowest BCUT2D eigenvalue weighted by molar-refractivity contribution is 0.200. The molecule has 0 radical (unpaired) electrons. The molecule has 0 aromatic carbocycles. The number of urea groups is 1. The maximum atomic E-state index is 11.9. The Kier molecular flexibility index (Phi) is 7.31. The second-order valence-corrected chi connectivity index (χ2v) is 6.70. The molecule has 0 spiro atoms. The molecule has 1 aromatic rings. The van der Waals surface area contributed by atoms with Gasteiger partial charge in [-0.25, -0.2) is 9.78 Å². The van der Waals surface area contributed by atoms with Crippen LogP contribution in [0, 0.1) is 5.92 Å². The Morgan fingerprint density at radius 2 is 1.96 bits per heavy atom. The molecule has 1 aliphatic heterocycles. The van der Waals surface area contributed by atoms with Crippen molar-refractivity contribution in [3.63, 3.8) is 0 Å². The lowest BCUT2D eigenvalue weighted by Crippen LogP contribution is -2.43. The zero-order chi connectivity index (χ0) is 17.4. The van der Waals surface area contributed by atoms with Gasteiger partial charge in [0.1, 0.15) is 5.82 Å². The van der Waals surface area contributed by atoms with Crippen LogP contribution < -0.4 is 15.5 Å². The summed E-state index contributed by atoms with van der Waals surface area (Å²) in [6.07, 6.45) is 6.91. The molecule has 6 heteroatoms. The van der Waals surface area contributed by atoms with E-state index in [4.69, 9.17) is 5.11 Å². The molecule has 2 heterocycles. The van der Waals surface area contributed by atoms with E-state index in [2.05, 4.69) is 20.5 Å². The molecule has 0 saturated carbocycles. The highest BCUT2D eigenvalue weighted by molar-refractivity contribution is 5.74. The van der Waals surface area contributed by atoms with Gasteiger partial charge in [-0.1, -0.05) is 25.8 Å². The van der Waals surface area contributed by atoms with Gasteiger partial charge in [-0.15, -0.1) is 0 Å². The molecule has 1 fully saturated rings. The first-order valence-electron chi connectivity index (χ1n) is 8.95. The zero-order valence-electron chi connectivity index (χ0n) is 14.8. The Labute approximate surface area is 144 Å². The van der Waals surface area contributed by atoms with Gasteiger partial charge >= 0.3 is 6.03 Å². The third-order valence-electron chi connectivity index (χ3n) is 4.69. The number of nitrogens with zero attached hydrogens (tertiary/aromatic N) is 2. The van der Waals surface area contributed by atoms with E-state index in [1.165, 1.54) is 25.7 Å². The number of hydrogen-bond acceptors (Lipinski definition) is 4. The maximum absolute atomic E-state index is 11.9. The Balaban J connectivity index is 1.80. The standard InChI is InChI=1S/C18H30N4O2/c1-14(13-23)15(2)21-18(24)20-12-16-7-8-17(19-11-16)22-9-5-3-4-6-10-22/h7-8,11,14-15,23H,3-6,9-10,12-13H2,1-2H3,(H2,20,21,24). The van der Waals surface area contributed by atoms with Crippen molar-refractivity contribution in [2.45, 2.75) is 52.1 Å². The molecule has 1 aromatic heterocycles.